The van der Waals surface area contributed by atoms with E-state index in [0.29, 0.717) is 6.61 Å². The van der Waals surface area contributed by atoms with Crippen molar-refractivity contribution in [2.45, 2.75) is 13.0 Å². The lowest BCUT2D eigenvalue weighted by Crippen LogP contribution is -2.01. The Morgan fingerprint density at radius 1 is 0.964 bits per heavy atom. The molecular weight excluding hydrogens is 348 g/mol. The number of hydrogen-bond acceptors (Lipinski definition) is 3. The number of ether oxygens (including phenoxy) is 2. The molecule has 3 aromatic carbocycles. The number of rotatable bonds is 7. The topological polar surface area (TPSA) is 47.1 Å². The van der Waals surface area contributed by atoms with Crippen molar-refractivity contribution in [2.75, 3.05) is 7.11 Å². The van der Waals surface area contributed by atoms with Gasteiger partial charge in [-0.2, -0.15) is 0 Å². The smallest absolute Gasteiger partial charge is 0.138 e. The SMILES string of the molecule is C=CCc1ccccc1OCc1cc(-c2nc3ccccc3[nH]2)ccc1OC. The molecule has 0 aliphatic carbocycles. The standard InChI is InChI=1S/C24H22N2O2/c1-3-8-17-9-4-7-12-23(17)28-16-19-15-18(13-14-22(19)27-2)24-25-20-10-5-6-11-21(20)26-24/h3-7,9-15H,1,8,16H2,2H3,(H,25,26). The Morgan fingerprint density at radius 3 is 2.61 bits per heavy atom. The van der Waals surface area contributed by atoms with Gasteiger partial charge in [-0.3, -0.25) is 0 Å². The number of benzene rings is 3. The van der Waals surface area contributed by atoms with Crippen molar-refractivity contribution in [2.24, 2.45) is 0 Å². The third kappa shape index (κ3) is 3.62. The molecule has 140 valence electrons. The summed E-state index contributed by atoms with van der Waals surface area (Å²) in [6.07, 6.45) is 2.65. The summed E-state index contributed by atoms with van der Waals surface area (Å²) in [6, 6.07) is 22.1. The normalized spacial score (nSPS) is 10.8. The summed E-state index contributed by atoms with van der Waals surface area (Å²) in [5, 5.41) is 0. The van der Waals surface area contributed by atoms with E-state index in [9.17, 15) is 0 Å². The molecule has 1 N–H and O–H groups in total. The number of aromatic amines is 1. The predicted octanol–water partition coefficient (Wildman–Crippen LogP) is 5.55. The monoisotopic (exact) mass is 370 g/mol. The fourth-order valence-electron chi connectivity index (χ4n) is 3.25. The van der Waals surface area contributed by atoms with Crippen molar-refractivity contribution in [3.05, 3.63) is 90.5 Å². The third-order valence-electron chi connectivity index (χ3n) is 4.66. The molecule has 4 aromatic rings. The van der Waals surface area contributed by atoms with Gasteiger partial charge in [0.05, 0.1) is 18.1 Å². The molecule has 4 nitrogen and oxygen atoms in total. The molecule has 1 heterocycles. The summed E-state index contributed by atoms with van der Waals surface area (Å²) in [4.78, 5) is 8.06. The molecule has 0 bridgehead atoms. The Morgan fingerprint density at radius 2 is 1.79 bits per heavy atom. The van der Waals surface area contributed by atoms with Crippen molar-refractivity contribution < 1.29 is 9.47 Å². The molecule has 1 aromatic heterocycles. The maximum atomic E-state index is 6.11. The van der Waals surface area contributed by atoms with Gasteiger partial charge < -0.3 is 14.5 Å². The number of nitrogens with one attached hydrogen (secondary N) is 1. The first-order valence-corrected chi connectivity index (χ1v) is 9.22. The summed E-state index contributed by atoms with van der Waals surface area (Å²) < 4.78 is 11.6. The Hall–Kier alpha value is -3.53. The first kappa shape index (κ1) is 17.9. The van der Waals surface area contributed by atoms with Crippen LogP contribution in [0.1, 0.15) is 11.1 Å². The molecule has 0 aliphatic rings. The molecular formula is C24H22N2O2. The van der Waals surface area contributed by atoms with Crippen molar-refractivity contribution in [3.8, 4) is 22.9 Å². The highest BCUT2D eigenvalue weighted by Gasteiger charge is 2.11. The fourth-order valence-corrected chi connectivity index (χ4v) is 3.25. The van der Waals surface area contributed by atoms with Gasteiger partial charge in [0.2, 0.25) is 0 Å². The van der Waals surface area contributed by atoms with E-state index >= 15 is 0 Å². The molecule has 4 heteroatoms. The van der Waals surface area contributed by atoms with E-state index in [2.05, 4.69) is 28.7 Å². The molecule has 0 unspecified atom stereocenters. The lowest BCUT2D eigenvalue weighted by molar-refractivity contribution is 0.294. The van der Waals surface area contributed by atoms with Crippen LogP contribution in [0.5, 0.6) is 11.5 Å². The number of H-pyrrole nitrogens is 1. The van der Waals surface area contributed by atoms with Gasteiger partial charge in [0.25, 0.3) is 0 Å². The van der Waals surface area contributed by atoms with Crippen molar-refractivity contribution in [1.29, 1.82) is 0 Å². The largest absolute Gasteiger partial charge is 0.496 e. The Balaban J connectivity index is 1.63. The van der Waals surface area contributed by atoms with Crippen LogP contribution < -0.4 is 9.47 Å². The van der Waals surface area contributed by atoms with Crippen LogP contribution in [0.4, 0.5) is 0 Å². The van der Waals surface area contributed by atoms with Gasteiger partial charge in [-0.05, 0) is 48.4 Å². The number of nitrogens with zero attached hydrogens (tertiary/aromatic N) is 1. The van der Waals surface area contributed by atoms with Gasteiger partial charge >= 0.3 is 0 Å². The molecule has 28 heavy (non-hydrogen) atoms. The molecule has 4 rings (SSSR count). The van der Waals surface area contributed by atoms with E-state index in [-0.39, 0.29) is 0 Å². The van der Waals surface area contributed by atoms with Crippen LogP contribution >= 0.6 is 0 Å². The van der Waals surface area contributed by atoms with E-state index in [4.69, 9.17) is 9.47 Å². The zero-order valence-electron chi connectivity index (χ0n) is 15.8. The number of imidazole rings is 1. The summed E-state index contributed by atoms with van der Waals surface area (Å²) in [5.41, 5.74) is 5.04. The Bertz CT molecular complexity index is 1080. The van der Waals surface area contributed by atoms with Crippen molar-refractivity contribution in [3.63, 3.8) is 0 Å². The van der Waals surface area contributed by atoms with Crippen LogP contribution in [-0.2, 0) is 13.0 Å². The second kappa shape index (κ2) is 8.01. The lowest BCUT2D eigenvalue weighted by atomic mass is 10.1. The van der Waals surface area contributed by atoms with Crippen LogP contribution in [0.3, 0.4) is 0 Å². The highest BCUT2D eigenvalue weighted by atomic mass is 16.5. The highest BCUT2D eigenvalue weighted by molar-refractivity contribution is 5.79. The molecule has 0 aliphatic heterocycles. The third-order valence-corrected chi connectivity index (χ3v) is 4.66. The summed E-state index contributed by atoms with van der Waals surface area (Å²) in [5.74, 6) is 2.48. The zero-order chi connectivity index (χ0) is 19.3. The fraction of sp³-hybridized carbons (Fsp3) is 0.125. The highest BCUT2D eigenvalue weighted by Crippen LogP contribution is 2.28. The minimum Gasteiger partial charge on any atom is -0.496 e. The van der Waals surface area contributed by atoms with Crippen LogP contribution in [0.25, 0.3) is 22.4 Å². The number of allylic oxidation sites excluding steroid dienone is 1. The van der Waals surface area contributed by atoms with E-state index in [1.807, 2.05) is 60.7 Å². The van der Waals surface area contributed by atoms with Crippen LogP contribution in [-0.4, -0.2) is 17.1 Å². The number of hydrogen-bond donors (Lipinski definition) is 1. The summed E-state index contributed by atoms with van der Waals surface area (Å²) in [6.45, 7) is 4.23. The molecule has 0 radical (unpaired) electrons. The van der Waals surface area contributed by atoms with E-state index in [1.165, 1.54) is 0 Å². The first-order valence-electron chi connectivity index (χ1n) is 9.22. The maximum absolute atomic E-state index is 6.11. The van der Waals surface area contributed by atoms with Gasteiger partial charge in [-0.15, -0.1) is 6.58 Å². The average Bonchev–Trinajstić information content (AvgIpc) is 3.17. The van der Waals surface area contributed by atoms with Crippen molar-refractivity contribution in [1.82, 2.24) is 9.97 Å². The van der Waals surface area contributed by atoms with Crippen LogP contribution in [0.15, 0.2) is 79.4 Å². The average molecular weight is 370 g/mol. The number of methoxy groups -OCH3 is 1. The molecule has 0 amide bonds. The number of fused-ring (bicyclic) bond motifs is 1. The van der Waals surface area contributed by atoms with Gasteiger partial charge in [0.1, 0.15) is 23.9 Å². The minimum atomic E-state index is 0.408. The van der Waals surface area contributed by atoms with E-state index in [1.54, 1.807) is 7.11 Å². The molecule has 0 saturated heterocycles. The maximum Gasteiger partial charge on any atom is 0.138 e. The van der Waals surface area contributed by atoms with Gasteiger partial charge in [-0.1, -0.05) is 36.4 Å². The minimum absolute atomic E-state index is 0.408. The molecule has 0 atom stereocenters. The van der Waals surface area contributed by atoms with Gasteiger partial charge in [0, 0.05) is 11.1 Å². The lowest BCUT2D eigenvalue weighted by Gasteiger charge is -2.13. The Labute approximate surface area is 164 Å². The zero-order valence-corrected chi connectivity index (χ0v) is 15.8. The van der Waals surface area contributed by atoms with Gasteiger partial charge in [-0.25, -0.2) is 4.98 Å². The molecule has 0 saturated carbocycles. The summed E-state index contributed by atoms with van der Waals surface area (Å²) in [7, 11) is 1.67. The number of para-hydroxylation sites is 3. The second-order valence-electron chi connectivity index (χ2n) is 6.52. The second-order valence-corrected chi connectivity index (χ2v) is 6.52. The predicted molar refractivity (Wildman–Crippen MR) is 113 cm³/mol. The van der Waals surface area contributed by atoms with Gasteiger partial charge in [0.15, 0.2) is 0 Å². The van der Waals surface area contributed by atoms with Crippen LogP contribution in [0, 0.1) is 0 Å². The molecule has 0 fully saturated rings. The van der Waals surface area contributed by atoms with Crippen molar-refractivity contribution >= 4 is 11.0 Å². The Kier molecular flexibility index (Phi) is 5.11. The molecule has 0 spiro atoms. The summed E-state index contributed by atoms with van der Waals surface area (Å²) >= 11 is 0. The van der Waals surface area contributed by atoms with E-state index in [0.717, 1.165) is 51.5 Å². The quantitative estimate of drug-likeness (QED) is 0.434. The number of aromatic nitrogens is 2. The van der Waals surface area contributed by atoms with E-state index < -0.39 is 0 Å². The van der Waals surface area contributed by atoms with Crippen LogP contribution in [0.2, 0.25) is 0 Å². The first-order chi connectivity index (χ1) is 13.8.